The first-order valence-corrected chi connectivity index (χ1v) is 14.2. The second-order valence-corrected chi connectivity index (χ2v) is 10.3. The number of hydrogen-bond donors (Lipinski definition) is 2. The zero-order chi connectivity index (χ0) is 30.1. The van der Waals surface area contributed by atoms with Crippen molar-refractivity contribution in [3.63, 3.8) is 0 Å². The molecule has 3 aromatic rings. The van der Waals surface area contributed by atoms with Crippen LogP contribution >= 0.6 is 11.3 Å². The number of benzene rings is 2. The second-order valence-electron chi connectivity index (χ2n) is 9.36. The normalized spacial score (nSPS) is 14.9. The largest absolute Gasteiger partial charge is 0.493 e. The van der Waals surface area contributed by atoms with Crippen molar-refractivity contribution < 1.29 is 38.1 Å². The fourth-order valence-electron chi connectivity index (χ4n) is 4.61. The molecule has 222 valence electrons. The highest BCUT2D eigenvalue weighted by atomic mass is 32.1. The molecule has 12 heteroatoms. The van der Waals surface area contributed by atoms with E-state index in [2.05, 4.69) is 10.6 Å². The van der Waals surface area contributed by atoms with Crippen molar-refractivity contribution >= 4 is 40.7 Å². The van der Waals surface area contributed by atoms with Gasteiger partial charge in [-0.05, 0) is 66.2 Å². The van der Waals surface area contributed by atoms with Gasteiger partial charge in [0.05, 0.1) is 44.4 Å². The molecule has 1 aliphatic heterocycles. The van der Waals surface area contributed by atoms with Crippen molar-refractivity contribution in [1.82, 2.24) is 10.6 Å². The minimum absolute atomic E-state index is 0.131. The third-order valence-electron chi connectivity index (χ3n) is 6.74. The minimum Gasteiger partial charge on any atom is -0.493 e. The zero-order valence-corrected chi connectivity index (χ0v) is 24.4. The van der Waals surface area contributed by atoms with E-state index in [9.17, 15) is 19.2 Å². The van der Waals surface area contributed by atoms with E-state index in [-0.39, 0.29) is 18.2 Å². The summed E-state index contributed by atoms with van der Waals surface area (Å²) in [7, 11) is 4.24. The third-order valence-corrected chi connectivity index (χ3v) is 7.61. The van der Waals surface area contributed by atoms with E-state index in [4.69, 9.17) is 18.9 Å². The van der Waals surface area contributed by atoms with Crippen molar-refractivity contribution in [3.05, 3.63) is 76.0 Å². The highest BCUT2D eigenvalue weighted by Crippen LogP contribution is 2.34. The van der Waals surface area contributed by atoms with Crippen LogP contribution in [0.4, 0.5) is 5.69 Å². The van der Waals surface area contributed by atoms with E-state index in [1.165, 1.54) is 49.7 Å². The molecule has 0 spiro atoms. The van der Waals surface area contributed by atoms with Crippen molar-refractivity contribution in [1.29, 1.82) is 0 Å². The van der Waals surface area contributed by atoms with Gasteiger partial charge >= 0.3 is 5.97 Å². The number of hydrogen-bond acceptors (Lipinski definition) is 9. The van der Waals surface area contributed by atoms with Crippen LogP contribution in [0.2, 0.25) is 0 Å². The van der Waals surface area contributed by atoms with Gasteiger partial charge in [0.1, 0.15) is 6.04 Å². The van der Waals surface area contributed by atoms with E-state index >= 15 is 0 Å². The van der Waals surface area contributed by atoms with E-state index < -0.39 is 36.3 Å². The van der Waals surface area contributed by atoms with Crippen molar-refractivity contribution in [2.45, 2.75) is 25.0 Å². The first kappa shape index (κ1) is 30.5. The number of rotatable bonds is 12. The maximum absolute atomic E-state index is 13.9. The lowest BCUT2D eigenvalue weighted by Gasteiger charge is -2.32. The molecule has 1 aliphatic rings. The molecule has 1 saturated heterocycles. The van der Waals surface area contributed by atoms with Crippen LogP contribution in [-0.2, 0) is 19.1 Å². The van der Waals surface area contributed by atoms with Gasteiger partial charge in [0, 0.05) is 18.8 Å². The summed E-state index contributed by atoms with van der Waals surface area (Å²) in [5.41, 5.74) is 1.03. The standard InChI is InChI=1S/C30H33N3O8S/c1-38-23-13-10-20(16-24(23)39-2)27(29(36)31-17-22-6-4-14-41-22)33(21-11-8-19(9-12-21)30(37)40-3)26(34)18-32-28(35)25-7-5-15-42-25/h5,7-13,15-16,22,27H,4,6,14,17-18H2,1-3H3,(H,31,36)(H,32,35)/t22-,27-/m1/s1. The number of esters is 1. The van der Waals surface area contributed by atoms with Gasteiger partial charge in [0.2, 0.25) is 11.8 Å². The number of ether oxygens (including phenoxy) is 4. The second kappa shape index (κ2) is 14.5. The molecule has 0 radical (unpaired) electrons. The highest BCUT2D eigenvalue weighted by Gasteiger charge is 2.34. The lowest BCUT2D eigenvalue weighted by molar-refractivity contribution is -0.126. The lowest BCUT2D eigenvalue weighted by Crippen LogP contribution is -2.48. The summed E-state index contributed by atoms with van der Waals surface area (Å²) >= 11 is 1.25. The summed E-state index contributed by atoms with van der Waals surface area (Å²) in [6, 6.07) is 13.3. The minimum atomic E-state index is -1.18. The summed E-state index contributed by atoms with van der Waals surface area (Å²) in [4.78, 5) is 54.3. The number of nitrogens with zero attached hydrogens (tertiary/aromatic N) is 1. The van der Waals surface area contributed by atoms with Crippen LogP contribution in [0.5, 0.6) is 11.5 Å². The Balaban J connectivity index is 1.74. The first-order valence-electron chi connectivity index (χ1n) is 13.3. The smallest absolute Gasteiger partial charge is 0.337 e. The Bertz CT molecular complexity index is 1390. The number of carbonyl (C=O) groups excluding carboxylic acids is 4. The maximum Gasteiger partial charge on any atom is 0.337 e. The van der Waals surface area contributed by atoms with Gasteiger partial charge in [-0.15, -0.1) is 11.3 Å². The van der Waals surface area contributed by atoms with Gasteiger partial charge in [-0.2, -0.15) is 0 Å². The zero-order valence-electron chi connectivity index (χ0n) is 23.6. The number of nitrogens with one attached hydrogen (secondary N) is 2. The average molecular weight is 596 g/mol. The third kappa shape index (κ3) is 7.25. The van der Waals surface area contributed by atoms with Crippen LogP contribution in [0.1, 0.15) is 44.5 Å². The van der Waals surface area contributed by atoms with Gasteiger partial charge in [-0.25, -0.2) is 4.79 Å². The summed E-state index contributed by atoms with van der Waals surface area (Å²) in [5, 5.41) is 7.34. The Morgan fingerprint density at radius 1 is 1.00 bits per heavy atom. The van der Waals surface area contributed by atoms with Crippen LogP contribution in [0.3, 0.4) is 0 Å². The summed E-state index contributed by atoms with van der Waals surface area (Å²) < 4.78 is 21.3. The SMILES string of the molecule is COC(=O)c1ccc(N(C(=O)CNC(=O)c2cccs2)[C@@H](C(=O)NC[C@H]2CCCO2)c2ccc(OC)c(OC)c2)cc1. The Morgan fingerprint density at radius 2 is 1.76 bits per heavy atom. The highest BCUT2D eigenvalue weighted by molar-refractivity contribution is 7.12. The molecule has 2 N–H and O–H groups in total. The van der Waals surface area contributed by atoms with Gasteiger partial charge < -0.3 is 29.6 Å². The monoisotopic (exact) mass is 595 g/mol. The predicted molar refractivity (Wildman–Crippen MR) is 156 cm³/mol. The molecule has 11 nitrogen and oxygen atoms in total. The molecule has 0 bridgehead atoms. The van der Waals surface area contributed by atoms with Gasteiger partial charge in [0.25, 0.3) is 5.91 Å². The number of amides is 3. The Kier molecular flexibility index (Phi) is 10.5. The summed E-state index contributed by atoms with van der Waals surface area (Å²) in [6.07, 6.45) is 1.59. The number of thiophene rings is 1. The summed E-state index contributed by atoms with van der Waals surface area (Å²) in [5.74, 6) is -1.17. The molecule has 0 aliphatic carbocycles. The van der Waals surface area contributed by atoms with Crippen LogP contribution in [-0.4, -0.2) is 70.8 Å². The quantitative estimate of drug-likeness (QED) is 0.305. The van der Waals surface area contributed by atoms with Gasteiger partial charge in [-0.3, -0.25) is 19.3 Å². The van der Waals surface area contributed by atoms with E-state index in [0.29, 0.717) is 34.2 Å². The Labute approximate surface area is 247 Å². The number of carbonyl (C=O) groups is 4. The molecule has 2 heterocycles. The first-order chi connectivity index (χ1) is 20.4. The summed E-state index contributed by atoms with van der Waals surface area (Å²) in [6.45, 7) is 0.500. The molecule has 4 rings (SSSR count). The van der Waals surface area contributed by atoms with Crippen molar-refractivity contribution in [3.8, 4) is 11.5 Å². The fourth-order valence-corrected chi connectivity index (χ4v) is 5.25. The molecular formula is C30H33N3O8S. The van der Waals surface area contributed by atoms with E-state index in [0.717, 1.165) is 12.8 Å². The Hall–Kier alpha value is -4.42. The lowest BCUT2D eigenvalue weighted by atomic mass is 10.0. The molecule has 3 amide bonds. The average Bonchev–Trinajstić information content (AvgIpc) is 3.76. The molecule has 2 atom stereocenters. The maximum atomic E-state index is 13.9. The van der Waals surface area contributed by atoms with E-state index in [1.54, 1.807) is 47.8 Å². The van der Waals surface area contributed by atoms with Crippen LogP contribution < -0.4 is 25.0 Å². The molecular weight excluding hydrogens is 562 g/mol. The molecule has 2 aromatic carbocycles. The van der Waals surface area contributed by atoms with Gasteiger partial charge in [-0.1, -0.05) is 12.1 Å². The van der Waals surface area contributed by atoms with Crippen LogP contribution in [0, 0.1) is 0 Å². The van der Waals surface area contributed by atoms with Crippen molar-refractivity contribution in [2.75, 3.05) is 45.9 Å². The number of anilines is 1. The van der Waals surface area contributed by atoms with Crippen molar-refractivity contribution in [2.24, 2.45) is 0 Å². The van der Waals surface area contributed by atoms with Crippen LogP contribution in [0.15, 0.2) is 60.0 Å². The molecule has 1 fully saturated rings. The van der Waals surface area contributed by atoms with Crippen LogP contribution in [0.25, 0.3) is 0 Å². The predicted octanol–water partition coefficient (Wildman–Crippen LogP) is 3.35. The molecule has 0 saturated carbocycles. The fraction of sp³-hybridized carbons (Fsp3) is 0.333. The molecule has 42 heavy (non-hydrogen) atoms. The number of methoxy groups -OCH3 is 3. The Morgan fingerprint density at radius 3 is 2.38 bits per heavy atom. The topological polar surface area (TPSA) is 132 Å². The van der Waals surface area contributed by atoms with E-state index in [1.807, 2.05) is 0 Å². The van der Waals surface area contributed by atoms with Gasteiger partial charge in [0.15, 0.2) is 11.5 Å². The molecule has 0 unspecified atom stereocenters. The molecule has 1 aromatic heterocycles.